The van der Waals surface area contributed by atoms with Gasteiger partial charge in [0, 0.05) is 32.3 Å². The van der Waals surface area contributed by atoms with E-state index in [9.17, 15) is 9.59 Å². The van der Waals surface area contributed by atoms with Gasteiger partial charge in [0.15, 0.2) is 0 Å². The van der Waals surface area contributed by atoms with Gasteiger partial charge >= 0.3 is 0 Å². The largest absolute Gasteiger partial charge is 0.380 e. The highest BCUT2D eigenvalue weighted by atomic mass is 16.5. The minimum atomic E-state index is -0.303. The van der Waals surface area contributed by atoms with E-state index in [2.05, 4.69) is 17.4 Å². The number of rotatable bonds is 6. The maximum atomic E-state index is 12.6. The van der Waals surface area contributed by atoms with Crippen molar-refractivity contribution in [3.8, 4) is 0 Å². The molecule has 1 N–H and O–H groups in total. The lowest BCUT2D eigenvalue weighted by atomic mass is 10.1. The minimum Gasteiger partial charge on any atom is -0.380 e. The molecule has 5 nitrogen and oxygen atoms in total. The van der Waals surface area contributed by atoms with Gasteiger partial charge in [-0.1, -0.05) is 30.3 Å². The van der Waals surface area contributed by atoms with Crippen molar-refractivity contribution in [2.24, 2.45) is 5.92 Å². The Morgan fingerprint density at radius 2 is 1.96 bits per heavy atom. The van der Waals surface area contributed by atoms with Gasteiger partial charge in [-0.2, -0.15) is 0 Å². The molecule has 1 atom stereocenters. The third-order valence-corrected chi connectivity index (χ3v) is 5.66. The summed E-state index contributed by atoms with van der Waals surface area (Å²) in [5, 5.41) is 2.99. The van der Waals surface area contributed by atoms with Gasteiger partial charge in [0.1, 0.15) is 0 Å². The number of ether oxygens (including phenoxy) is 1. The van der Waals surface area contributed by atoms with E-state index in [-0.39, 0.29) is 24.2 Å². The average Bonchev–Trinajstić information content (AvgIpc) is 3.32. The molecule has 2 aromatic rings. The molecule has 1 fully saturated rings. The van der Waals surface area contributed by atoms with Crippen LogP contribution in [0.15, 0.2) is 42.5 Å². The van der Waals surface area contributed by atoms with Crippen LogP contribution in [0, 0.1) is 5.92 Å². The number of carbonyl (C=O) groups excluding carboxylic acids is 2. The molecule has 0 saturated carbocycles. The van der Waals surface area contributed by atoms with Gasteiger partial charge in [-0.3, -0.25) is 9.59 Å². The van der Waals surface area contributed by atoms with Gasteiger partial charge in [0.05, 0.1) is 12.5 Å². The van der Waals surface area contributed by atoms with Crippen molar-refractivity contribution < 1.29 is 14.3 Å². The van der Waals surface area contributed by atoms with Gasteiger partial charge in [-0.15, -0.1) is 0 Å². The lowest BCUT2D eigenvalue weighted by Crippen LogP contribution is -2.32. The van der Waals surface area contributed by atoms with Crippen molar-refractivity contribution in [3.05, 3.63) is 64.7 Å². The molecular formula is C23H26N2O3. The van der Waals surface area contributed by atoms with Crippen molar-refractivity contribution in [3.63, 3.8) is 0 Å². The van der Waals surface area contributed by atoms with E-state index in [0.717, 1.165) is 29.7 Å². The lowest BCUT2D eigenvalue weighted by Gasteiger charge is -2.18. The van der Waals surface area contributed by atoms with Crippen LogP contribution in [-0.4, -0.2) is 25.5 Å². The molecule has 5 heteroatoms. The van der Waals surface area contributed by atoms with Gasteiger partial charge in [0.2, 0.25) is 11.8 Å². The predicted molar refractivity (Wildman–Crippen MR) is 108 cm³/mol. The van der Waals surface area contributed by atoms with Crippen LogP contribution in [0.3, 0.4) is 0 Å². The number of methoxy groups -OCH3 is 1. The summed E-state index contributed by atoms with van der Waals surface area (Å²) < 4.78 is 5.15. The maximum absolute atomic E-state index is 12.6. The molecule has 0 spiro atoms. The Kier molecular flexibility index (Phi) is 5.44. The number of aryl methyl sites for hydroxylation is 2. The Labute approximate surface area is 165 Å². The standard InChI is InChI=1S/C23H26N2O3/c1-28-15-17-5-2-4-16(10-17)13-24-23(27)20-12-22(26)25(14-20)21-9-8-18-6-3-7-19(18)11-21/h2,4-5,8-11,20H,3,6-7,12-15H2,1H3,(H,24,27). The number of fused-ring (bicyclic) bond motifs is 1. The zero-order valence-electron chi connectivity index (χ0n) is 16.2. The number of carbonyl (C=O) groups is 2. The molecule has 4 rings (SSSR count). The minimum absolute atomic E-state index is 0.0280. The van der Waals surface area contributed by atoms with Crippen molar-refractivity contribution in [1.82, 2.24) is 5.32 Å². The summed E-state index contributed by atoms with van der Waals surface area (Å²) in [5.41, 5.74) is 5.76. The molecular weight excluding hydrogens is 352 g/mol. The second-order valence-corrected chi connectivity index (χ2v) is 7.68. The molecule has 0 bridgehead atoms. The van der Waals surface area contributed by atoms with Crippen LogP contribution in [0.2, 0.25) is 0 Å². The van der Waals surface area contributed by atoms with E-state index in [1.807, 2.05) is 30.3 Å². The molecule has 1 heterocycles. The first kappa shape index (κ1) is 18.7. The van der Waals surface area contributed by atoms with E-state index in [1.54, 1.807) is 12.0 Å². The fourth-order valence-electron chi connectivity index (χ4n) is 4.19. The van der Waals surface area contributed by atoms with Crippen LogP contribution < -0.4 is 10.2 Å². The quantitative estimate of drug-likeness (QED) is 0.841. The van der Waals surface area contributed by atoms with Gasteiger partial charge in [0.25, 0.3) is 0 Å². The molecule has 2 aromatic carbocycles. The zero-order chi connectivity index (χ0) is 19.5. The number of nitrogens with zero attached hydrogens (tertiary/aromatic N) is 1. The molecule has 28 heavy (non-hydrogen) atoms. The highest BCUT2D eigenvalue weighted by Crippen LogP contribution is 2.30. The predicted octanol–water partition coefficient (Wildman–Crippen LogP) is 2.99. The van der Waals surface area contributed by atoms with Crippen molar-refractivity contribution in [2.45, 2.75) is 38.8 Å². The van der Waals surface area contributed by atoms with Crippen LogP contribution in [0.4, 0.5) is 5.69 Å². The monoisotopic (exact) mass is 378 g/mol. The average molecular weight is 378 g/mol. The molecule has 0 aromatic heterocycles. The summed E-state index contributed by atoms with van der Waals surface area (Å²) in [4.78, 5) is 26.9. The fraction of sp³-hybridized carbons (Fsp3) is 0.391. The van der Waals surface area contributed by atoms with Gasteiger partial charge < -0.3 is 15.0 Å². The Bertz CT molecular complexity index is 893. The third-order valence-electron chi connectivity index (χ3n) is 5.66. The summed E-state index contributed by atoms with van der Waals surface area (Å²) in [6.07, 6.45) is 3.66. The number of amides is 2. The first-order valence-electron chi connectivity index (χ1n) is 9.90. The molecule has 0 radical (unpaired) electrons. The number of hydrogen-bond donors (Lipinski definition) is 1. The summed E-state index contributed by atoms with van der Waals surface area (Å²) >= 11 is 0. The van der Waals surface area contributed by atoms with Crippen molar-refractivity contribution in [1.29, 1.82) is 0 Å². The zero-order valence-corrected chi connectivity index (χ0v) is 16.2. The summed E-state index contributed by atoms with van der Waals surface area (Å²) in [7, 11) is 1.66. The summed E-state index contributed by atoms with van der Waals surface area (Å²) in [6, 6.07) is 14.2. The Morgan fingerprint density at radius 1 is 1.14 bits per heavy atom. The van der Waals surface area contributed by atoms with E-state index >= 15 is 0 Å². The summed E-state index contributed by atoms with van der Waals surface area (Å²) in [5.74, 6) is -0.336. The van der Waals surface area contributed by atoms with Crippen molar-refractivity contribution >= 4 is 17.5 Å². The number of anilines is 1. The van der Waals surface area contributed by atoms with E-state index < -0.39 is 0 Å². The molecule has 146 valence electrons. The van der Waals surface area contributed by atoms with Crippen LogP contribution >= 0.6 is 0 Å². The number of hydrogen-bond acceptors (Lipinski definition) is 3. The highest BCUT2D eigenvalue weighted by molar-refractivity contribution is 6.00. The van der Waals surface area contributed by atoms with Crippen LogP contribution in [-0.2, 0) is 40.3 Å². The van der Waals surface area contributed by atoms with E-state index in [4.69, 9.17) is 4.74 Å². The molecule has 2 aliphatic rings. The van der Waals surface area contributed by atoms with E-state index in [1.165, 1.54) is 17.5 Å². The topological polar surface area (TPSA) is 58.6 Å². The van der Waals surface area contributed by atoms with Gasteiger partial charge in [-0.05, 0) is 53.6 Å². The third kappa shape index (κ3) is 3.94. The smallest absolute Gasteiger partial charge is 0.227 e. The second-order valence-electron chi connectivity index (χ2n) is 7.68. The SMILES string of the molecule is COCc1cccc(CNC(=O)C2CC(=O)N(c3ccc4c(c3)CCC4)C2)c1. The Balaban J connectivity index is 1.37. The van der Waals surface area contributed by atoms with Crippen LogP contribution in [0.5, 0.6) is 0 Å². The second kappa shape index (κ2) is 8.15. The summed E-state index contributed by atoms with van der Waals surface area (Å²) in [6.45, 7) is 1.46. The Morgan fingerprint density at radius 3 is 2.82 bits per heavy atom. The molecule has 1 aliphatic carbocycles. The van der Waals surface area contributed by atoms with Crippen LogP contribution in [0.1, 0.15) is 35.1 Å². The van der Waals surface area contributed by atoms with Crippen molar-refractivity contribution in [2.75, 3.05) is 18.6 Å². The molecule has 1 saturated heterocycles. The normalized spacial score (nSPS) is 18.4. The highest BCUT2D eigenvalue weighted by Gasteiger charge is 2.35. The molecule has 1 aliphatic heterocycles. The maximum Gasteiger partial charge on any atom is 0.227 e. The molecule has 2 amide bonds. The van der Waals surface area contributed by atoms with Crippen LogP contribution in [0.25, 0.3) is 0 Å². The number of benzene rings is 2. The fourth-order valence-corrected chi connectivity index (χ4v) is 4.19. The van der Waals surface area contributed by atoms with Gasteiger partial charge in [-0.25, -0.2) is 0 Å². The first-order chi connectivity index (χ1) is 13.6. The van der Waals surface area contributed by atoms with E-state index in [0.29, 0.717) is 19.7 Å². The Hall–Kier alpha value is -2.66. The lowest BCUT2D eigenvalue weighted by molar-refractivity contribution is -0.126. The molecule has 1 unspecified atom stereocenters. The first-order valence-corrected chi connectivity index (χ1v) is 9.90. The number of nitrogens with one attached hydrogen (secondary N) is 1.